The van der Waals surface area contributed by atoms with Gasteiger partial charge in [-0.1, -0.05) is 17.8 Å². The van der Waals surface area contributed by atoms with Gasteiger partial charge in [0.1, 0.15) is 11.6 Å². The van der Waals surface area contributed by atoms with Crippen molar-refractivity contribution < 1.29 is 18.4 Å². The Kier molecular flexibility index (Phi) is 7.56. The van der Waals surface area contributed by atoms with Crippen molar-refractivity contribution in [2.45, 2.75) is 11.6 Å². The first-order valence-electron chi connectivity index (χ1n) is 8.62. The number of anilines is 1. The zero-order valence-electron chi connectivity index (χ0n) is 15.6. The highest BCUT2D eigenvalue weighted by atomic mass is 79.9. The summed E-state index contributed by atoms with van der Waals surface area (Å²) in [6.45, 7) is 0.395. The van der Waals surface area contributed by atoms with Crippen LogP contribution in [0.25, 0.3) is 0 Å². The molecule has 158 valence electrons. The Labute approximate surface area is 187 Å². The summed E-state index contributed by atoms with van der Waals surface area (Å²) in [6, 6.07) is 5.32. The van der Waals surface area contributed by atoms with Gasteiger partial charge in [-0.2, -0.15) is 0 Å². The molecular weight excluding hydrogens is 500 g/mol. The molecule has 2 N–H and O–H groups in total. The van der Waals surface area contributed by atoms with E-state index in [1.54, 1.807) is 17.7 Å². The van der Waals surface area contributed by atoms with Crippen molar-refractivity contribution >= 4 is 56.5 Å². The molecule has 0 atom stereocenters. The summed E-state index contributed by atoms with van der Waals surface area (Å²) in [5, 5.41) is 15.7. The van der Waals surface area contributed by atoms with Gasteiger partial charge in [0.15, 0.2) is 11.0 Å². The zero-order valence-corrected chi connectivity index (χ0v) is 18.8. The number of aromatic nitrogens is 3. The van der Waals surface area contributed by atoms with Crippen molar-refractivity contribution in [3.8, 4) is 0 Å². The van der Waals surface area contributed by atoms with Gasteiger partial charge < -0.3 is 15.2 Å². The van der Waals surface area contributed by atoms with Crippen LogP contribution < -0.4 is 10.6 Å². The molecule has 7 nitrogen and oxygen atoms in total. The monoisotopic (exact) mass is 515 g/mol. The second kappa shape index (κ2) is 10.1. The lowest BCUT2D eigenvalue weighted by atomic mass is 10.3. The molecule has 2 heterocycles. The number of thiophene rings is 1. The highest BCUT2D eigenvalue weighted by Crippen LogP contribution is 2.27. The third-order valence-electron chi connectivity index (χ3n) is 3.91. The van der Waals surface area contributed by atoms with Gasteiger partial charge in [0.2, 0.25) is 5.91 Å². The quantitative estimate of drug-likeness (QED) is 0.447. The van der Waals surface area contributed by atoms with E-state index in [1.165, 1.54) is 11.3 Å². The third kappa shape index (κ3) is 5.64. The molecule has 12 heteroatoms. The standard InChI is InChI=1S/C18H16BrF2N5O2S2/c1-26-14(4-5-22-17(28)13-3-2-6-29-13)24-25-18(26)30-9-15(27)23-16-11(19)7-10(20)8-12(16)21/h2-3,6-8H,4-5,9H2,1H3,(H,22,28)(H,23,27). The molecule has 0 aliphatic carbocycles. The maximum absolute atomic E-state index is 13.8. The van der Waals surface area contributed by atoms with Crippen LogP contribution in [0.5, 0.6) is 0 Å². The predicted molar refractivity (Wildman–Crippen MR) is 115 cm³/mol. The van der Waals surface area contributed by atoms with Gasteiger partial charge in [-0.3, -0.25) is 9.59 Å². The average molecular weight is 516 g/mol. The van der Waals surface area contributed by atoms with E-state index < -0.39 is 17.5 Å². The van der Waals surface area contributed by atoms with E-state index >= 15 is 0 Å². The first-order chi connectivity index (χ1) is 14.3. The van der Waals surface area contributed by atoms with E-state index in [9.17, 15) is 18.4 Å². The fourth-order valence-corrected chi connectivity index (χ4v) is 4.32. The van der Waals surface area contributed by atoms with E-state index in [0.29, 0.717) is 34.9 Å². The summed E-state index contributed by atoms with van der Waals surface area (Å²) in [7, 11) is 1.76. The van der Waals surface area contributed by atoms with Gasteiger partial charge in [-0.05, 0) is 33.4 Å². The largest absolute Gasteiger partial charge is 0.351 e. The summed E-state index contributed by atoms with van der Waals surface area (Å²) >= 11 is 5.52. The molecule has 2 amide bonds. The van der Waals surface area contributed by atoms with Gasteiger partial charge >= 0.3 is 0 Å². The van der Waals surface area contributed by atoms with Crippen LogP contribution in [0.3, 0.4) is 0 Å². The van der Waals surface area contributed by atoms with E-state index in [-0.39, 0.29) is 21.8 Å². The van der Waals surface area contributed by atoms with Crippen molar-refractivity contribution in [3.05, 3.63) is 56.5 Å². The Morgan fingerprint density at radius 2 is 2.10 bits per heavy atom. The van der Waals surface area contributed by atoms with Gasteiger partial charge in [0.05, 0.1) is 16.3 Å². The highest BCUT2D eigenvalue weighted by Gasteiger charge is 2.15. The molecule has 1 aromatic carbocycles. The van der Waals surface area contributed by atoms with Gasteiger partial charge in [0.25, 0.3) is 5.91 Å². The first-order valence-corrected chi connectivity index (χ1v) is 11.3. The van der Waals surface area contributed by atoms with Gasteiger partial charge in [-0.15, -0.1) is 21.5 Å². The number of carbonyl (C=O) groups is 2. The summed E-state index contributed by atoms with van der Waals surface area (Å²) in [5.74, 6) is -1.62. The summed E-state index contributed by atoms with van der Waals surface area (Å²) in [4.78, 5) is 24.7. The molecule has 0 aliphatic heterocycles. The molecule has 0 radical (unpaired) electrons. The second-order valence-electron chi connectivity index (χ2n) is 6.02. The lowest BCUT2D eigenvalue weighted by Gasteiger charge is -2.09. The molecule has 0 saturated carbocycles. The maximum Gasteiger partial charge on any atom is 0.261 e. The number of halogens is 3. The predicted octanol–water partition coefficient (Wildman–Crippen LogP) is 3.62. The molecule has 0 fully saturated rings. The smallest absolute Gasteiger partial charge is 0.261 e. The molecule has 2 aromatic heterocycles. The lowest BCUT2D eigenvalue weighted by Crippen LogP contribution is -2.25. The van der Waals surface area contributed by atoms with Crippen molar-refractivity contribution in [2.75, 3.05) is 17.6 Å². The van der Waals surface area contributed by atoms with Gasteiger partial charge in [0, 0.05) is 30.6 Å². The van der Waals surface area contributed by atoms with Crippen molar-refractivity contribution in [1.29, 1.82) is 0 Å². The van der Waals surface area contributed by atoms with E-state index in [4.69, 9.17) is 0 Å². The van der Waals surface area contributed by atoms with Gasteiger partial charge in [-0.25, -0.2) is 8.78 Å². The maximum atomic E-state index is 13.8. The van der Waals surface area contributed by atoms with Crippen LogP contribution in [0.15, 0.2) is 39.3 Å². The van der Waals surface area contributed by atoms with Crippen LogP contribution in [0.1, 0.15) is 15.5 Å². The van der Waals surface area contributed by atoms with Crippen molar-refractivity contribution in [2.24, 2.45) is 7.05 Å². The van der Waals surface area contributed by atoms with Crippen molar-refractivity contribution in [3.63, 3.8) is 0 Å². The van der Waals surface area contributed by atoms with Crippen LogP contribution in [-0.2, 0) is 18.3 Å². The van der Waals surface area contributed by atoms with Crippen molar-refractivity contribution in [1.82, 2.24) is 20.1 Å². The Morgan fingerprint density at radius 3 is 2.80 bits per heavy atom. The van der Waals surface area contributed by atoms with E-state index in [1.807, 2.05) is 11.4 Å². The van der Waals surface area contributed by atoms with Crippen LogP contribution in [0, 0.1) is 11.6 Å². The number of hydrogen-bond acceptors (Lipinski definition) is 6. The Hall–Kier alpha value is -2.31. The number of nitrogens with one attached hydrogen (secondary N) is 2. The van der Waals surface area contributed by atoms with E-state index in [2.05, 4.69) is 36.8 Å². The van der Waals surface area contributed by atoms with Crippen LogP contribution in [-0.4, -0.2) is 38.9 Å². The molecule has 3 rings (SSSR count). The molecular formula is C18H16BrF2N5O2S2. The highest BCUT2D eigenvalue weighted by molar-refractivity contribution is 9.10. The zero-order chi connectivity index (χ0) is 21.7. The minimum Gasteiger partial charge on any atom is -0.351 e. The average Bonchev–Trinajstić information content (AvgIpc) is 3.34. The number of carbonyl (C=O) groups excluding carboxylic acids is 2. The second-order valence-corrected chi connectivity index (χ2v) is 8.77. The molecule has 0 aliphatic rings. The molecule has 30 heavy (non-hydrogen) atoms. The normalized spacial score (nSPS) is 10.8. The minimum absolute atomic E-state index is 0.0374. The minimum atomic E-state index is -0.870. The van der Waals surface area contributed by atoms with Crippen LogP contribution in [0.2, 0.25) is 0 Å². The number of hydrogen-bond donors (Lipinski definition) is 2. The number of amides is 2. The number of rotatable bonds is 8. The molecule has 0 unspecified atom stereocenters. The number of nitrogens with zero attached hydrogens (tertiary/aromatic N) is 3. The molecule has 0 bridgehead atoms. The van der Waals surface area contributed by atoms with E-state index in [0.717, 1.165) is 17.8 Å². The summed E-state index contributed by atoms with van der Waals surface area (Å²) in [5.41, 5.74) is -0.123. The Morgan fingerprint density at radius 1 is 1.30 bits per heavy atom. The molecule has 0 spiro atoms. The number of benzene rings is 1. The topological polar surface area (TPSA) is 88.9 Å². The Bertz CT molecular complexity index is 1040. The fourth-order valence-electron chi connectivity index (χ4n) is 2.44. The lowest BCUT2D eigenvalue weighted by molar-refractivity contribution is -0.113. The van der Waals surface area contributed by atoms with Crippen LogP contribution in [0.4, 0.5) is 14.5 Å². The van der Waals surface area contributed by atoms with Crippen LogP contribution >= 0.6 is 39.0 Å². The molecule has 3 aromatic rings. The SMILES string of the molecule is Cn1c(CCNC(=O)c2cccs2)nnc1SCC(=O)Nc1c(F)cc(F)cc1Br. The third-order valence-corrected chi connectivity index (χ3v) is 6.42. The fraction of sp³-hybridized carbons (Fsp3) is 0.222. The Balaban J connectivity index is 1.50. The number of thioether (sulfide) groups is 1. The summed E-state index contributed by atoms with van der Waals surface area (Å²) < 4.78 is 28.8. The first kappa shape index (κ1) is 22.4. The summed E-state index contributed by atoms with van der Waals surface area (Å²) in [6.07, 6.45) is 0.473. The molecule has 0 saturated heterocycles.